The predicted molar refractivity (Wildman–Crippen MR) is 82.6 cm³/mol. The van der Waals surface area contributed by atoms with E-state index >= 15 is 0 Å². The summed E-state index contributed by atoms with van der Waals surface area (Å²) in [6, 6.07) is 0.850. The highest BCUT2D eigenvalue weighted by Crippen LogP contribution is 2.26. The summed E-state index contributed by atoms with van der Waals surface area (Å²) >= 11 is 0. The van der Waals surface area contributed by atoms with Crippen molar-refractivity contribution in [2.75, 3.05) is 39.8 Å². The number of nitrogens with zero attached hydrogens (tertiary/aromatic N) is 2. The first-order valence-electron chi connectivity index (χ1n) is 8.32. The van der Waals surface area contributed by atoms with E-state index in [4.69, 9.17) is 0 Å². The highest BCUT2D eigenvalue weighted by atomic mass is 15.2. The molecule has 3 heteroatoms. The van der Waals surface area contributed by atoms with Crippen molar-refractivity contribution in [2.24, 2.45) is 0 Å². The van der Waals surface area contributed by atoms with Crippen molar-refractivity contribution in [3.05, 3.63) is 0 Å². The Morgan fingerprint density at radius 3 is 2.47 bits per heavy atom. The molecule has 1 atom stereocenters. The number of piperidine rings is 1. The Labute approximate surface area is 119 Å². The van der Waals surface area contributed by atoms with Crippen LogP contribution in [-0.4, -0.2) is 61.2 Å². The maximum atomic E-state index is 3.51. The maximum Gasteiger partial charge on any atom is 0.0174 e. The second-order valence-corrected chi connectivity index (χ2v) is 6.77. The number of hydrogen-bond donors (Lipinski definition) is 1. The standard InChI is InChI=1S/C16H33N3/c1-4-10-18-11-5-6-15(7-12-18)19-13-8-16(2,17-3)9-14-19/h15,17H,4-14H2,1-3H3. The van der Waals surface area contributed by atoms with Gasteiger partial charge < -0.3 is 15.1 Å². The van der Waals surface area contributed by atoms with Gasteiger partial charge in [0.2, 0.25) is 0 Å². The van der Waals surface area contributed by atoms with Gasteiger partial charge in [0.05, 0.1) is 0 Å². The molecule has 2 aliphatic rings. The molecule has 1 unspecified atom stereocenters. The molecule has 3 nitrogen and oxygen atoms in total. The molecule has 112 valence electrons. The Morgan fingerprint density at radius 2 is 1.84 bits per heavy atom. The minimum atomic E-state index is 0.384. The number of rotatable bonds is 4. The summed E-state index contributed by atoms with van der Waals surface area (Å²) in [5.74, 6) is 0. The zero-order valence-corrected chi connectivity index (χ0v) is 13.2. The fourth-order valence-electron chi connectivity index (χ4n) is 3.68. The highest BCUT2D eigenvalue weighted by molar-refractivity contribution is 4.90. The van der Waals surface area contributed by atoms with Gasteiger partial charge in [0.15, 0.2) is 0 Å². The fourth-order valence-corrected chi connectivity index (χ4v) is 3.68. The lowest BCUT2D eigenvalue weighted by Gasteiger charge is -2.42. The van der Waals surface area contributed by atoms with Gasteiger partial charge in [-0.3, -0.25) is 0 Å². The van der Waals surface area contributed by atoms with Crippen LogP contribution in [0.4, 0.5) is 0 Å². The molecule has 0 bridgehead atoms. The first kappa shape index (κ1) is 15.3. The molecule has 2 saturated heterocycles. The van der Waals surface area contributed by atoms with Crippen molar-refractivity contribution in [1.82, 2.24) is 15.1 Å². The topological polar surface area (TPSA) is 18.5 Å². The molecule has 2 rings (SSSR count). The van der Waals surface area contributed by atoms with Gasteiger partial charge in [0.1, 0.15) is 0 Å². The molecule has 0 spiro atoms. The quantitative estimate of drug-likeness (QED) is 0.843. The van der Waals surface area contributed by atoms with Gasteiger partial charge >= 0.3 is 0 Å². The van der Waals surface area contributed by atoms with Crippen LogP contribution >= 0.6 is 0 Å². The van der Waals surface area contributed by atoms with E-state index in [1.165, 1.54) is 71.2 Å². The molecule has 2 aliphatic heterocycles. The molecule has 2 heterocycles. The molecule has 2 fully saturated rings. The molecule has 0 saturated carbocycles. The molecule has 0 aromatic heterocycles. The summed E-state index contributed by atoms with van der Waals surface area (Å²) in [5.41, 5.74) is 0.384. The second kappa shape index (κ2) is 7.05. The van der Waals surface area contributed by atoms with Crippen LogP contribution in [0.15, 0.2) is 0 Å². The van der Waals surface area contributed by atoms with E-state index in [1.54, 1.807) is 0 Å². The summed E-state index contributed by atoms with van der Waals surface area (Å²) in [5, 5.41) is 3.51. The molecular formula is C16H33N3. The highest BCUT2D eigenvalue weighted by Gasteiger charge is 2.31. The lowest BCUT2D eigenvalue weighted by Crippen LogP contribution is -2.52. The third-order valence-electron chi connectivity index (χ3n) is 5.35. The van der Waals surface area contributed by atoms with Crippen LogP contribution in [0.25, 0.3) is 0 Å². The monoisotopic (exact) mass is 267 g/mol. The van der Waals surface area contributed by atoms with Crippen molar-refractivity contribution in [3.63, 3.8) is 0 Å². The van der Waals surface area contributed by atoms with Crippen LogP contribution in [0.1, 0.15) is 52.4 Å². The van der Waals surface area contributed by atoms with Gasteiger partial charge in [-0.25, -0.2) is 0 Å². The average molecular weight is 267 g/mol. The lowest BCUT2D eigenvalue weighted by atomic mass is 9.88. The third-order valence-corrected chi connectivity index (χ3v) is 5.35. The third kappa shape index (κ3) is 4.17. The van der Waals surface area contributed by atoms with Crippen LogP contribution in [0, 0.1) is 0 Å². The normalized spacial score (nSPS) is 30.2. The van der Waals surface area contributed by atoms with E-state index in [0.29, 0.717) is 5.54 Å². The van der Waals surface area contributed by atoms with E-state index in [0.717, 1.165) is 6.04 Å². The van der Waals surface area contributed by atoms with Crippen molar-refractivity contribution in [3.8, 4) is 0 Å². The van der Waals surface area contributed by atoms with Gasteiger partial charge in [-0.15, -0.1) is 0 Å². The Kier molecular flexibility index (Phi) is 5.67. The Morgan fingerprint density at radius 1 is 1.11 bits per heavy atom. The Balaban J connectivity index is 1.80. The van der Waals surface area contributed by atoms with Crippen LogP contribution in [0.5, 0.6) is 0 Å². The first-order chi connectivity index (χ1) is 9.17. The van der Waals surface area contributed by atoms with Gasteiger partial charge in [0.25, 0.3) is 0 Å². The molecule has 19 heavy (non-hydrogen) atoms. The van der Waals surface area contributed by atoms with E-state index in [2.05, 4.69) is 36.0 Å². The van der Waals surface area contributed by atoms with Crippen molar-refractivity contribution in [1.29, 1.82) is 0 Å². The number of likely N-dealkylation sites (tertiary alicyclic amines) is 2. The first-order valence-corrected chi connectivity index (χ1v) is 8.32. The van der Waals surface area contributed by atoms with E-state index in [-0.39, 0.29) is 0 Å². The maximum absolute atomic E-state index is 3.51. The summed E-state index contributed by atoms with van der Waals surface area (Å²) in [4.78, 5) is 5.44. The van der Waals surface area contributed by atoms with Crippen molar-refractivity contribution >= 4 is 0 Å². The summed E-state index contributed by atoms with van der Waals surface area (Å²) in [6.07, 6.45) is 8.10. The van der Waals surface area contributed by atoms with Gasteiger partial charge in [-0.1, -0.05) is 6.92 Å². The lowest BCUT2D eigenvalue weighted by molar-refractivity contribution is 0.101. The number of hydrogen-bond acceptors (Lipinski definition) is 3. The molecule has 0 aromatic rings. The van der Waals surface area contributed by atoms with Crippen LogP contribution < -0.4 is 5.32 Å². The summed E-state index contributed by atoms with van der Waals surface area (Å²) < 4.78 is 0. The average Bonchev–Trinajstić information content (AvgIpc) is 2.66. The van der Waals surface area contributed by atoms with Gasteiger partial charge in [-0.2, -0.15) is 0 Å². The van der Waals surface area contributed by atoms with E-state index in [1.807, 2.05) is 0 Å². The van der Waals surface area contributed by atoms with Crippen LogP contribution in [0.3, 0.4) is 0 Å². The second-order valence-electron chi connectivity index (χ2n) is 6.77. The predicted octanol–water partition coefficient (Wildman–Crippen LogP) is 2.32. The van der Waals surface area contributed by atoms with Crippen molar-refractivity contribution in [2.45, 2.75) is 64.0 Å². The molecule has 0 amide bonds. The largest absolute Gasteiger partial charge is 0.314 e. The SMILES string of the molecule is CCCN1CCCC(N2CCC(C)(NC)CC2)CC1. The van der Waals surface area contributed by atoms with Crippen LogP contribution in [-0.2, 0) is 0 Å². The zero-order chi connectivity index (χ0) is 13.7. The van der Waals surface area contributed by atoms with Gasteiger partial charge in [-0.05, 0) is 72.1 Å². The smallest absolute Gasteiger partial charge is 0.0174 e. The molecule has 0 aromatic carbocycles. The Hall–Kier alpha value is -0.120. The minimum absolute atomic E-state index is 0.384. The van der Waals surface area contributed by atoms with Gasteiger partial charge in [0, 0.05) is 24.7 Å². The fraction of sp³-hybridized carbons (Fsp3) is 1.00. The molecular weight excluding hydrogens is 234 g/mol. The summed E-state index contributed by atoms with van der Waals surface area (Å²) in [7, 11) is 2.12. The van der Waals surface area contributed by atoms with E-state index < -0.39 is 0 Å². The zero-order valence-electron chi connectivity index (χ0n) is 13.2. The molecule has 1 N–H and O–H groups in total. The molecule has 0 radical (unpaired) electrons. The van der Waals surface area contributed by atoms with Crippen molar-refractivity contribution < 1.29 is 0 Å². The number of nitrogens with one attached hydrogen (secondary N) is 1. The summed E-state index contributed by atoms with van der Waals surface area (Å²) in [6.45, 7) is 11.2. The Bertz CT molecular complexity index is 259. The van der Waals surface area contributed by atoms with E-state index in [9.17, 15) is 0 Å². The molecule has 0 aliphatic carbocycles. The minimum Gasteiger partial charge on any atom is -0.314 e. The van der Waals surface area contributed by atoms with Crippen LogP contribution in [0.2, 0.25) is 0 Å².